The summed E-state index contributed by atoms with van der Waals surface area (Å²) in [5, 5.41) is 2.03. The molecule has 0 aliphatic heterocycles. The molecule has 4 heteroatoms. The fourth-order valence-corrected chi connectivity index (χ4v) is 3.70. The first-order valence-electron chi connectivity index (χ1n) is 7.85. The minimum Gasteiger partial charge on any atom is -0.464 e. The Morgan fingerprint density at radius 2 is 2.29 bits per heavy atom. The van der Waals surface area contributed by atoms with Crippen molar-refractivity contribution in [3.05, 3.63) is 34.5 Å². The Morgan fingerprint density at radius 3 is 2.86 bits per heavy atom. The number of hydrogen-bond acceptors (Lipinski definition) is 4. The van der Waals surface area contributed by atoms with E-state index in [9.17, 15) is 4.79 Å². The topological polar surface area (TPSA) is 29.5 Å². The number of likely N-dealkylation sites (N-methyl/N-ethyl adjacent to an activating group) is 1. The van der Waals surface area contributed by atoms with Crippen LogP contribution < -0.4 is 0 Å². The summed E-state index contributed by atoms with van der Waals surface area (Å²) in [6.45, 7) is 7.54. The van der Waals surface area contributed by atoms with Crippen LogP contribution in [0.25, 0.3) is 0 Å². The maximum atomic E-state index is 12.5. The summed E-state index contributed by atoms with van der Waals surface area (Å²) in [5.41, 5.74) is 0. The van der Waals surface area contributed by atoms with Crippen molar-refractivity contribution < 1.29 is 9.53 Å². The lowest BCUT2D eigenvalue weighted by atomic mass is 9.90. The van der Waals surface area contributed by atoms with Gasteiger partial charge in [0.05, 0.1) is 5.92 Å². The first-order chi connectivity index (χ1) is 10.3. The second-order valence-electron chi connectivity index (χ2n) is 5.36. The van der Waals surface area contributed by atoms with Gasteiger partial charge in [-0.15, -0.1) is 11.3 Å². The summed E-state index contributed by atoms with van der Waals surface area (Å²) < 4.78 is 5.57. The molecule has 116 valence electrons. The number of esters is 1. The molecule has 0 aromatic carbocycles. The molecule has 0 N–H and O–H groups in total. The van der Waals surface area contributed by atoms with Crippen molar-refractivity contribution in [1.82, 2.24) is 4.90 Å². The van der Waals surface area contributed by atoms with Gasteiger partial charge in [0.25, 0.3) is 0 Å². The van der Waals surface area contributed by atoms with E-state index < -0.39 is 0 Å². The van der Waals surface area contributed by atoms with Gasteiger partial charge >= 0.3 is 5.97 Å². The third-order valence-corrected chi connectivity index (χ3v) is 5.08. The molecule has 1 aliphatic rings. The van der Waals surface area contributed by atoms with Crippen molar-refractivity contribution in [1.29, 1.82) is 0 Å². The zero-order valence-corrected chi connectivity index (χ0v) is 13.8. The summed E-state index contributed by atoms with van der Waals surface area (Å²) >= 11 is 1.65. The lowest BCUT2D eigenvalue weighted by Crippen LogP contribution is -2.29. The van der Waals surface area contributed by atoms with E-state index in [4.69, 9.17) is 4.74 Å². The van der Waals surface area contributed by atoms with E-state index in [1.54, 1.807) is 11.3 Å². The van der Waals surface area contributed by atoms with Crippen molar-refractivity contribution >= 4 is 17.3 Å². The molecule has 1 aromatic heterocycles. The summed E-state index contributed by atoms with van der Waals surface area (Å²) in [6.07, 6.45) is 6.47. The number of thiophene rings is 1. The second kappa shape index (κ2) is 8.35. The molecule has 0 saturated carbocycles. The highest BCUT2D eigenvalue weighted by Crippen LogP contribution is 2.36. The Bertz CT molecular complexity index is 451. The minimum absolute atomic E-state index is 0.0684. The molecule has 0 fully saturated rings. The van der Waals surface area contributed by atoms with Crippen molar-refractivity contribution in [3.8, 4) is 0 Å². The van der Waals surface area contributed by atoms with Gasteiger partial charge in [-0.1, -0.05) is 32.1 Å². The molecule has 0 radical (unpaired) electrons. The van der Waals surface area contributed by atoms with E-state index in [0.29, 0.717) is 12.5 Å². The van der Waals surface area contributed by atoms with Crippen LogP contribution in [0.1, 0.15) is 37.5 Å². The normalized spacial score (nSPS) is 19.1. The lowest BCUT2D eigenvalue weighted by molar-refractivity contribution is -0.146. The van der Waals surface area contributed by atoms with Crippen LogP contribution in [0.2, 0.25) is 0 Å². The van der Waals surface area contributed by atoms with E-state index in [1.807, 2.05) is 17.5 Å². The maximum Gasteiger partial charge on any atom is 0.314 e. The van der Waals surface area contributed by atoms with Crippen LogP contribution in [0.3, 0.4) is 0 Å². The highest BCUT2D eigenvalue weighted by atomic mass is 32.1. The van der Waals surface area contributed by atoms with Gasteiger partial charge in [-0.25, -0.2) is 0 Å². The van der Waals surface area contributed by atoms with Gasteiger partial charge in [-0.05, 0) is 43.3 Å². The van der Waals surface area contributed by atoms with Crippen LogP contribution in [0.5, 0.6) is 0 Å². The SMILES string of the molecule is CCN(CC)CCOC(=O)[C@@H](c1cccs1)[C@@H]1C=CCC1. The monoisotopic (exact) mass is 307 g/mol. The predicted molar refractivity (Wildman–Crippen MR) is 87.7 cm³/mol. The van der Waals surface area contributed by atoms with Crippen molar-refractivity contribution in [2.24, 2.45) is 5.92 Å². The molecule has 1 heterocycles. The number of nitrogens with zero attached hydrogens (tertiary/aromatic N) is 1. The highest BCUT2D eigenvalue weighted by molar-refractivity contribution is 7.10. The quantitative estimate of drug-likeness (QED) is 0.542. The number of ether oxygens (including phenoxy) is 1. The number of hydrogen-bond donors (Lipinski definition) is 0. The van der Waals surface area contributed by atoms with Gasteiger partial charge < -0.3 is 9.64 Å². The number of carbonyl (C=O) groups is 1. The third kappa shape index (κ3) is 4.42. The minimum atomic E-state index is -0.125. The predicted octanol–water partition coefficient (Wildman–Crippen LogP) is 3.68. The molecule has 2 atom stereocenters. The number of rotatable bonds is 8. The Balaban J connectivity index is 1.94. The number of allylic oxidation sites excluding steroid dienone is 2. The van der Waals surface area contributed by atoms with Gasteiger partial charge in [0.1, 0.15) is 6.61 Å². The van der Waals surface area contributed by atoms with Crippen LogP contribution >= 0.6 is 11.3 Å². The van der Waals surface area contributed by atoms with Crippen LogP contribution in [0.15, 0.2) is 29.7 Å². The summed E-state index contributed by atoms with van der Waals surface area (Å²) in [6, 6.07) is 4.06. The number of carbonyl (C=O) groups excluding carboxylic acids is 1. The summed E-state index contributed by atoms with van der Waals surface area (Å²) in [4.78, 5) is 15.9. The first-order valence-corrected chi connectivity index (χ1v) is 8.73. The fraction of sp³-hybridized carbons (Fsp3) is 0.588. The average Bonchev–Trinajstić information content (AvgIpc) is 3.18. The molecule has 1 aromatic rings. The van der Waals surface area contributed by atoms with Crippen LogP contribution in [-0.2, 0) is 9.53 Å². The van der Waals surface area contributed by atoms with E-state index in [1.165, 1.54) is 0 Å². The van der Waals surface area contributed by atoms with E-state index >= 15 is 0 Å². The highest BCUT2D eigenvalue weighted by Gasteiger charge is 2.31. The summed E-state index contributed by atoms with van der Waals surface area (Å²) in [7, 11) is 0. The van der Waals surface area contributed by atoms with Crippen LogP contribution in [-0.4, -0.2) is 37.1 Å². The molecular formula is C17H25NO2S. The van der Waals surface area contributed by atoms with E-state index in [2.05, 4.69) is 30.9 Å². The lowest BCUT2D eigenvalue weighted by Gasteiger charge is -2.22. The Labute approximate surface area is 131 Å². The van der Waals surface area contributed by atoms with E-state index in [0.717, 1.165) is 37.4 Å². The van der Waals surface area contributed by atoms with Gasteiger partial charge in [0.15, 0.2) is 0 Å². The molecule has 0 unspecified atom stereocenters. The maximum absolute atomic E-state index is 12.5. The molecule has 1 aliphatic carbocycles. The van der Waals surface area contributed by atoms with Gasteiger partial charge in [-0.2, -0.15) is 0 Å². The standard InChI is InChI=1S/C17H25NO2S/c1-3-18(4-2)11-12-20-17(19)16(14-8-5-6-9-14)15-10-7-13-21-15/h5,7-8,10,13-14,16H,3-4,6,9,11-12H2,1-2H3/t14-,16-/m1/s1. The molecule has 0 bridgehead atoms. The Kier molecular flexibility index (Phi) is 6.46. The molecule has 21 heavy (non-hydrogen) atoms. The molecule has 0 spiro atoms. The smallest absolute Gasteiger partial charge is 0.314 e. The zero-order chi connectivity index (χ0) is 15.1. The van der Waals surface area contributed by atoms with E-state index in [-0.39, 0.29) is 11.9 Å². The fourth-order valence-electron chi connectivity index (χ4n) is 2.81. The largest absolute Gasteiger partial charge is 0.464 e. The van der Waals surface area contributed by atoms with Crippen molar-refractivity contribution in [3.63, 3.8) is 0 Å². The third-order valence-electron chi connectivity index (χ3n) is 4.13. The Morgan fingerprint density at radius 1 is 1.48 bits per heavy atom. The van der Waals surface area contributed by atoms with Gasteiger partial charge in [-0.3, -0.25) is 4.79 Å². The average molecular weight is 307 g/mol. The van der Waals surface area contributed by atoms with Crippen molar-refractivity contribution in [2.45, 2.75) is 32.6 Å². The first kappa shape index (κ1) is 16.2. The summed E-state index contributed by atoms with van der Waals surface area (Å²) in [5.74, 6) is 0.103. The van der Waals surface area contributed by atoms with Crippen LogP contribution in [0, 0.1) is 5.92 Å². The van der Waals surface area contributed by atoms with Gasteiger partial charge in [0, 0.05) is 11.4 Å². The molecule has 3 nitrogen and oxygen atoms in total. The second-order valence-corrected chi connectivity index (χ2v) is 6.34. The molecular weight excluding hydrogens is 282 g/mol. The molecule has 0 saturated heterocycles. The molecule has 0 amide bonds. The zero-order valence-electron chi connectivity index (χ0n) is 13.0. The molecule has 2 rings (SSSR count). The van der Waals surface area contributed by atoms with Gasteiger partial charge in [0.2, 0.25) is 0 Å². The van der Waals surface area contributed by atoms with Crippen LogP contribution in [0.4, 0.5) is 0 Å². The van der Waals surface area contributed by atoms with Crippen molar-refractivity contribution in [2.75, 3.05) is 26.2 Å². The Hall–Kier alpha value is -1.13.